The Morgan fingerprint density at radius 1 is 1.43 bits per heavy atom. The molecule has 1 rings (SSSR count). The molecule has 0 radical (unpaired) electrons. The molecule has 0 aliphatic heterocycles. The van der Waals surface area contributed by atoms with Crippen molar-refractivity contribution in [2.24, 2.45) is 0 Å². The topological polar surface area (TPSA) is 52.3 Å². The van der Waals surface area contributed by atoms with Crippen molar-refractivity contribution in [2.75, 3.05) is 12.8 Å². The molecule has 0 fully saturated rings. The zero-order valence-corrected chi connectivity index (χ0v) is 7.73. The molecule has 0 saturated heterocycles. The zero-order valence-electron chi connectivity index (χ0n) is 7.73. The van der Waals surface area contributed by atoms with Gasteiger partial charge >= 0.3 is 0 Å². The van der Waals surface area contributed by atoms with Crippen LogP contribution in [0.1, 0.15) is 17.3 Å². The molecular formula is C9H9F2NO2. The van der Waals surface area contributed by atoms with E-state index in [4.69, 9.17) is 5.73 Å². The molecule has 5 heteroatoms. The highest BCUT2D eigenvalue weighted by atomic mass is 19.2. The van der Waals surface area contributed by atoms with Gasteiger partial charge < -0.3 is 10.5 Å². The number of methoxy groups -OCH3 is 1. The summed E-state index contributed by atoms with van der Waals surface area (Å²) in [6.07, 6.45) is 0. The molecule has 2 N–H and O–H groups in total. The lowest BCUT2D eigenvalue weighted by Gasteiger charge is -2.08. The maximum atomic E-state index is 13.1. The molecule has 0 aliphatic rings. The van der Waals surface area contributed by atoms with Crippen LogP contribution in [-0.2, 0) is 0 Å². The highest BCUT2D eigenvalue weighted by Gasteiger charge is 2.19. The van der Waals surface area contributed by atoms with Crippen LogP contribution >= 0.6 is 0 Å². The molecule has 0 aliphatic carbocycles. The molecule has 0 bridgehead atoms. The van der Waals surface area contributed by atoms with Crippen LogP contribution in [0.3, 0.4) is 0 Å². The number of ether oxygens (including phenoxy) is 1. The van der Waals surface area contributed by atoms with Crippen LogP contribution in [0, 0.1) is 11.6 Å². The monoisotopic (exact) mass is 201 g/mol. The summed E-state index contributed by atoms with van der Waals surface area (Å²) in [7, 11) is 1.26. The average molecular weight is 201 g/mol. The first-order valence-electron chi connectivity index (χ1n) is 3.81. The first-order valence-corrected chi connectivity index (χ1v) is 3.81. The minimum Gasteiger partial charge on any atom is -0.494 e. The maximum Gasteiger partial charge on any atom is 0.186 e. The van der Waals surface area contributed by atoms with E-state index >= 15 is 0 Å². The summed E-state index contributed by atoms with van der Waals surface area (Å²) in [5, 5.41) is 0. The standard InChI is InChI=1S/C9H9F2NO2/c1-4(13)5-3-6(14-2)9(12)8(11)7(5)10/h3H,12H2,1-2H3. The van der Waals surface area contributed by atoms with Gasteiger partial charge in [-0.05, 0) is 13.0 Å². The summed E-state index contributed by atoms with van der Waals surface area (Å²) >= 11 is 0. The van der Waals surface area contributed by atoms with Crippen LogP contribution in [-0.4, -0.2) is 12.9 Å². The van der Waals surface area contributed by atoms with Crippen LogP contribution in [0.5, 0.6) is 5.75 Å². The number of carbonyl (C=O) groups is 1. The summed E-state index contributed by atoms with van der Waals surface area (Å²) < 4.78 is 30.9. The Bertz CT molecular complexity index is 391. The summed E-state index contributed by atoms with van der Waals surface area (Å²) in [6.45, 7) is 1.13. The molecular weight excluding hydrogens is 192 g/mol. The second kappa shape index (κ2) is 3.61. The summed E-state index contributed by atoms with van der Waals surface area (Å²) in [4.78, 5) is 10.9. The van der Waals surface area contributed by atoms with E-state index in [0.29, 0.717) is 0 Å². The fourth-order valence-corrected chi connectivity index (χ4v) is 1.04. The minimum absolute atomic E-state index is 0.0471. The number of ketones is 1. The van der Waals surface area contributed by atoms with E-state index < -0.39 is 23.1 Å². The van der Waals surface area contributed by atoms with Crippen LogP contribution < -0.4 is 10.5 Å². The number of hydrogen-bond acceptors (Lipinski definition) is 3. The van der Waals surface area contributed by atoms with Gasteiger partial charge in [-0.15, -0.1) is 0 Å². The third-order valence-electron chi connectivity index (χ3n) is 1.81. The molecule has 0 amide bonds. The van der Waals surface area contributed by atoms with Gasteiger partial charge in [-0.3, -0.25) is 4.79 Å². The largest absolute Gasteiger partial charge is 0.494 e. The number of nitrogens with two attached hydrogens (primary N) is 1. The predicted octanol–water partition coefficient (Wildman–Crippen LogP) is 1.76. The summed E-state index contributed by atoms with van der Waals surface area (Å²) in [5.74, 6) is -3.13. The predicted molar refractivity (Wildman–Crippen MR) is 47.3 cm³/mol. The van der Waals surface area contributed by atoms with Gasteiger partial charge in [0.2, 0.25) is 0 Å². The number of Topliss-reactive ketones (excluding diaryl/α,β-unsaturated/α-hetero) is 1. The quantitative estimate of drug-likeness (QED) is 0.585. The fraction of sp³-hybridized carbons (Fsp3) is 0.222. The van der Waals surface area contributed by atoms with Gasteiger partial charge in [0.1, 0.15) is 11.4 Å². The Labute approximate surface area is 79.5 Å². The molecule has 3 nitrogen and oxygen atoms in total. The van der Waals surface area contributed by atoms with Gasteiger partial charge in [0.25, 0.3) is 0 Å². The molecule has 0 spiro atoms. The van der Waals surface area contributed by atoms with E-state index in [1.807, 2.05) is 0 Å². The Balaban J connectivity index is 3.48. The van der Waals surface area contributed by atoms with Crippen LogP contribution in [0.25, 0.3) is 0 Å². The lowest BCUT2D eigenvalue weighted by atomic mass is 10.1. The number of carbonyl (C=O) groups excluding carboxylic acids is 1. The normalized spacial score (nSPS) is 10.0. The molecule has 0 aromatic heterocycles. The maximum absolute atomic E-state index is 13.1. The van der Waals surface area contributed by atoms with Crippen molar-refractivity contribution in [3.8, 4) is 5.75 Å². The second-order valence-electron chi connectivity index (χ2n) is 2.72. The molecule has 14 heavy (non-hydrogen) atoms. The van der Waals surface area contributed by atoms with Crippen molar-refractivity contribution >= 4 is 11.5 Å². The molecule has 76 valence electrons. The number of benzene rings is 1. The molecule has 0 atom stereocenters. The van der Waals surface area contributed by atoms with Gasteiger partial charge in [-0.2, -0.15) is 0 Å². The number of rotatable bonds is 2. The smallest absolute Gasteiger partial charge is 0.186 e. The molecule has 0 heterocycles. The Hall–Kier alpha value is -1.65. The van der Waals surface area contributed by atoms with Crippen molar-refractivity contribution in [1.29, 1.82) is 0 Å². The van der Waals surface area contributed by atoms with Crippen LogP contribution in [0.2, 0.25) is 0 Å². The minimum atomic E-state index is -1.26. The van der Waals surface area contributed by atoms with E-state index in [1.165, 1.54) is 7.11 Å². The van der Waals surface area contributed by atoms with Crippen molar-refractivity contribution in [2.45, 2.75) is 6.92 Å². The average Bonchev–Trinajstić information content (AvgIpc) is 2.14. The summed E-state index contributed by atoms with van der Waals surface area (Å²) in [5.41, 5.74) is 4.41. The van der Waals surface area contributed by atoms with Crippen molar-refractivity contribution in [3.05, 3.63) is 23.3 Å². The SMILES string of the molecule is COc1cc(C(C)=O)c(F)c(F)c1N. The van der Waals surface area contributed by atoms with E-state index in [-0.39, 0.29) is 11.3 Å². The van der Waals surface area contributed by atoms with E-state index in [9.17, 15) is 13.6 Å². The van der Waals surface area contributed by atoms with Crippen molar-refractivity contribution < 1.29 is 18.3 Å². The first kappa shape index (κ1) is 10.4. The highest BCUT2D eigenvalue weighted by molar-refractivity contribution is 5.95. The lowest BCUT2D eigenvalue weighted by Crippen LogP contribution is -2.05. The molecule has 0 saturated carbocycles. The van der Waals surface area contributed by atoms with Gasteiger partial charge in [0.05, 0.1) is 12.7 Å². The fourth-order valence-electron chi connectivity index (χ4n) is 1.04. The van der Waals surface area contributed by atoms with Crippen LogP contribution in [0.4, 0.5) is 14.5 Å². The highest BCUT2D eigenvalue weighted by Crippen LogP contribution is 2.29. The zero-order chi connectivity index (χ0) is 10.9. The van der Waals surface area contributed by atoms with E-state index in [0.717, 1.165) is 13.0 Å². The van der Waals surface area contributed by atoms with Gasteiger partial charge in [0, 0.05) is 0 Å². The third-order valence-corrected chi connectivity index (χ3v) is 1.81. The lowest BCUT2D eigenvalue weighted by molar-refractivity contribution is 0.101. The molecule has 0 unspecified atom stereocenters. The van der Waals surface area contributed by atoms with Crippen molar-refractivity contribution in [3.63, 3.8) is 0 Å². The molecule has 1 aromatic carbocycles. The number of anilines is 1. The van der Waals surface area contributed by atoms with Gasteiger partial charge in [-0.1, -0.05) is 0 Å². The number of halogens is 2. The third kappa shape index (κ3) is 1.53. The molecule has 1 aromatic rings. The Morgan fingerprint density at radius 3 is 2.43 bits per heavy atom. The van der Waals surface area contributed by atoms with Gasteiger partial charge in [0.15, 0.2) is 17.4 Å². The summed E-state index contributed by atoms with van der Waals surface area (Å²) in [6, 6.07) is 1.08. The Morgan fingerprint density at radius 2 is 2.00 bits per heavy atom. The second-order valence-corrected chi connectivity index (χ2v) is 2.72. The number of hydrogen-bond donors (Lipinski definition) is 1. The van der Waals surface area contributed by atoms with E-state index in [1.54, 1.807) is 0 Å². The first-order chi connectivity index (χ1) is 6.49. The van der Waals surface area contributed by atoms with E-state index in [2.05, 4.69) is 4.74 Å². The van der Waals surface area contributed by atoms with Crippen molar-refractivity contribution in [1.82, 2.24) is 0 Å². The number of nitrogen functional groups attached to an aromatic ring is 1. The van der Waals surface area contributed by atoms with Crippen LogP contribution in [0.15, 0.2) is 6.07 Å². The van der Waals surface area contributed by atoms with Gasteiger partial charge in [-0.25, -0.2) is 8.78 Å². The Kier molecular flexibility index (Phi) is 2.69.